The summed E-state index contributed by atoms with van der Waals surface area (Å²) in [5.74, 6) is 1.91. The summed E-state index contributed by atoms with van der Waals surface area (Å²) >= 11 is 0. The summed E-state index contributed by atoms with van der Waals surface area (Å²) < 4.78 is 0. The van der Waals surface area contributed by atoms with Gasteiger partial charge in [-0.25, -0.2) is 0 Å². The smallest absolute Gasteiger partial charge is 0.222 e. The van der Waals surface area contributed by atoms with Gasteiger partial charge in [0.2, 0.25) is 5.91 Å². The van der Waals surface area contributed by atoms with E-state index < -0.39 is 0 Å². The van der Waals surface area contributed by atoms with E-state index in [0.717, 1.165) is 18.4 Å². The van der Waals surface area contributed by atoms with Gasteiger partial charge in [0, 0.05) is 12.5 Å². The molecule has 0 aromatic carbocycles. The minimum Gasteiger partial charge on any atom is -0.356 e. The van der Waals surface area contributed by atoms with Crippen molar-refractivity contribution in [1.82, 2.24) is 5.32 Å². The van der Waals surface area contributed by atoms with E-state index in [2.05, 4.69) is 12.2 Å². The number of amides is 1. The summed E-state index contributed by atoms with van der Waals surface area (Å²) in [6.45, 7) is 7.06. The Balaban J connectivity index is 2.16. The fraction of sp³-hybridized carbons (Fsp3) is 0.909. The third kappa shape index (κ3) is 3.37. The lowest BCUT2D eigenvalue weighted by atomic mass is 10.1. The van der Waals surface area contributed by atoms with Crippen LogP contribution in [0.3, 0.4) is 0 Å². The molecule has 76 valence electrons. The van der Waals surface area contributed by atoms with Gasteiger partial charge in [-0.05, 0) is 24.7 Å². The molecule has 0 radical (unpaired) electrons. The van der Waals surface area contributed by atoms with Gasteiger partial charge in [0.15, 0.2) is 0 Å². The average molecular weight is 183 g/mol. The van der Waals surface area contributed by atoms with Gasteiger partial charge in [-0.2, -0.15) is 0 Å². The van der Waals surface area contributed by atoms with Gasteiger partial charge in [0.1, 0.15) is 0 Å². The molecule has 1 aliphatic rings. The molecule has 13 heavy (non-hydrogen) atoms. The summed E-state index contributed by atoms with van der Waals surface area (Å²) in [7, 11) is 0. The Bertz CT molecular complexity index is 177. The van der Waals surface area contributed by atoms with Crippen molar-refractivity contribution in [1.29, 1.82) is 0 Å². The Kier molecular flexibility index (Phi) is 3.76. The van der Waals surface area contributed by atoms with Gasteiger partial charge in [0.05, 0.1) is 0 Å². The molecule has 1 aliphatic carbocycles. The second-order valence-electron chi connectivity index (χ2n) is 4.68. The van der Waals surface area contributed by atoms with E-state index >= 15 is 0 Å². The molecule has 2 atom stereocenters. The Labute approximate surface area is 81.1 Å². The molecular weight excluding hydrogens is 162 g/mol. The molecule has 1 N–H and O–H groups in total. The van der Waals surface area contributed by atoms with Crippen molar-refractivity contribution in [3.05, 3.63) is 0 Å². The maximum Gasteiger partial charge on any atom is 0.222 e. The minimum absolute atomic E-state index is 0.124. The number of rotatable bonds is 3. The molecule has 1 amide bonds. The fourth-order valence-electron chi connectivity index (χ4n) is 1.96. The lowest BCUT2D eigenvalue weighted by Crippen LogP contribution is -2.31. The lowest BCUT2D eigenvalue weighted by Gasteiger charge is -2.12. The summed E-state index contributed by atoms with van der Waals surface area (Å²) in [5, 5.41) is 3.01. The van der Waals surface area contributed by atoms with Crippen LogP contribution in [-0.2, 0) is 4.79 Å². The molecule has 2 nitrogen and oxygen atoms in total. The van der Waals surface area contributed by atoms with Crippen LogP contribution in [0.5, 0.6) is 0 Å². The number of hydrogen-bond donors (Lipinski definition) is 1. The lowest BCUT2D eigenvalue weighted by molar-refractivity contribution is -0.124. The van der Waals surface area contributed by atoms with E-state index in [0.29, 0.717) is 0 Å². The van der Waals surface area contributed by atoms with Crippen LogP contribution in [-0.4, -0.2) is 12.5 Å². The highest BCUT2D eigenvalue weighted by molar-refractivity contribution is 5.77. The monoisotopic (exact) mass is 183 g/mol. The molecule has 0 heterocycles. The molecule has 0 bridgehead atoms. The summed E-state index contributed by atoms with van der Waals surface area (Å²) in [6, 6.07) is 0. The molecule has 1 fully saturated rings. The van der Waals surface area contributed by atoms with Crippen molar-refractivity contribution in [2.75, 3.05) is 6.54 Å². The molecule has 1 saturated carbocycles. The van der Waals surface area contributed by atoms with Gasteiger partial charge in [-0.15, -0.1) is 0 Å². The zero-order valence-corrected chi connectivity index (χ0v) is 8.97. The highest BCUT2D eigenvalue weighted by atomic mass is 16.1. The standard InChI is InChI=1S/C11H21NO/c1-8(2)11(13)12-7-10-5-4-9(3)6-10/h8-10H,4-7H2,1-3H3,(H,12,13). The number of carbonyl (C=O) groups excluding carboxylic acids is 1. The van der Waals surface area contributed by atoms with E-state index in [1.54, 1.807) is 0 Å². The van der Waals surface area contributed by atoms with Crippen molar-refractivity contribution in [2.45, 2.75) is 40.0 Å². The first-order valence-corrected chi connectivity index (χ1v) is 5.37. The average Bonchev–Trinajstić information content (AvgIpc) is 2.47. The van der Waals surface area contributed by atoms with Crippen molar-refractivity contribution in [3.8, 4) is 0 Å². The van der Waals surface area contributed by atoms with Crippen LogP contribution < -0.4 is 5.32 Å². The molecule has 1 rings (SSSR count). The minimum atomic E-state index is 0.124. The van der Waals surface area contributed by atoms with Crippen molar-refractivity contribution in [2.24, 2.45) is 17.8 Å². The largest absolute Gasteiger partial charge is 0.356 e. The van der Waals surface area contributed by atoms with Gasteiger partial charge in [-0.1, -0.05) is 27.2 Å². The zero-order valence-electron chi connectivity index (χ0n) is 8.97. The third-order valence-corrected chi connectivity index (χ3v) is 2.89. The molecule has 0 spiro atoms. The van der Waals surface area contributed by atoms with Crippen LogP contribution >= 0.6 is 0 Å². The van der Waals surface area contributed by atoms with E-state index in [1.807, 2.05) is 13.8 Å². The first-order valence-electron chi connectivity index (χ1n) is 5.37. The molecule has 0 aromatic rings. The molecular formula is C11H21NO. The highest BCUT2D eigenvalue weighted by Gasteiger charge is 2.21. The molecule has 0 saturated heterocycles. The molecule has 0 aliphatic heterocycles. The molecule has 0 aromatic heterocycles. The predicted octanol–water partition coefficient (Wildman–Crippen LogP) is 2.19. The fourth-order valence-corrected chi connectivity index (χ4v) is 1.96. The topological polar surface area (TPSA) is 29.1 Å². The first kappa shape index (κ1) is 10.6. The van der Waals surface area contributed by atoms with Crippen LogP contribution in [0.15, 0.2) is 0 Å². The quantitative estimate of drug-likeness (QED) is 0.714. The van der Waals surface area contributed by atoms with Crippen LogP contribution in [0.4, 0.5) is 0 Å². The predicted molar refractivity (Wildman–Crippen MR) is 54.4 cm³/mol. The summed E-state index contributed by atoms with van der Waals surface area (Å²) in [4.78, 5) is 11.3. The van der Waals surface area contributed by atoms with Crippen LogP contribution in [0.1, 0.15) is 40.0 Å². The molecule has 2 heteroatoms. The summed E-state index contributed by atoms with van der Waals surface area (Å²) in [6.07, 6.45) is 3.92. The Hall–Kier alpha value is -0.530. The maximum atomic E-state index is 11.3. The van der Waals surface area contributed by atoms with Crippen LogP contribution in [0, 0.1) is 17.8 Å². The SMILES string of the molecule is CC1CCC(CNC(=O)C(C)C)C1. The Morgan fingerprint density at radius 2 is 2.15 bits per heavy atom. The van der Waals surface area contributed by atoms with Crippen molar-refractivity contribution < 1.29 is 4.79 Å². The normalized spacial score (nSPS) is 28.0. The van der Waals surface area contributed by atoms with Crippen molar-refractivity contribution >= 4 is 5.91 Å². The summed E-state index contributed by atoms with van der Waals surface area (Å²) in [5.41, 5.74) is 0. The van der Waals surface area contributed by atoms with Gasteiger partial charge < -0.3 is 5.32 Å². The van der Waals surface area contributed by atoms with E-state index in [-0.39, 0.29) is 11.8 Å². The third-order valence-electron chi connectivity index (χ3n) is 2.89. The maximum absolute atomic E-state index is 11.3. The van der Waals surface area contributed by atoms with E-state index in [1.165, 1.54) is 19.3 Å². The van der Waals surface area contributed by atoms with Crippen LogP contribution in [0.2, 0.25) is 0 Å². The van der Waals surface area contributed by atoms with Crippen LogP contribution in [0.25, 0.3) is 0 Å². The Morgan fingerprint density at radius 1 is 1.46 bits per heavy atom. The number of carbonyl (C=O) groups is 1. The molecule has 2 unspecified atom stereocenters. The first-order chi connectivity index (χ1) is 6.09. The number of hydrogen-bond acceptors (Lipinski definition) is 1. The number of nitrogens with one attached hydrogen (secondary N) is 1. The second kappa shape index (κ2) is 4.64. The van der Waals surface area contributed by atoms with Gasteiger partial charge in [-0.3, -0.25) is 4.79 Å². The second-order valence-corrected chi connectivity index (χ2v) is 4.68. The van der Waals surface area contributed by atoms with E-state index in [4.69, 9.17) is 0 Å². The van der Waals surface area contributed by atoms with Gasteiger partial charge >= 0.3 is 0 Å². The van der Waals surface area contributed by atoms with E-state index in [9.17, 15) is 4.79 Å². The highest BCUT2D eigenvalue weighted by Crippen LogP contribution is 2.29. The Morgan fingerprint density at radius 3 is 2.62 bits per heavy atom. The van der Waals surface area contributed by atoms with Crippen molar-refractivity contribution in [3.63, 3.8) is 0 Å². The zero-order chi connectivity index (χ0) is 9.84. The van der Waals surface area contributed by atoms with Gasteiger partial charge in [0.25, 0.3) is 0 Å².